The third kappa shape index (κ3) is 5.02. The highest BCUT2D eigenvalue weighted by atomic mass is 16.6. The molecular formula is C25H29N7O3. The largest absolute Gasteiger partial charge is 0.494 e. The number of nitro groups is 1. The molecule has 0 saturated heterocycles. The molecule has 0 unspecified atom stereocenters. The van der Waals surface area contributed by atoms with E-state index in [0.717, 1.165) is 34.3 Å². The van der Waals surface area contributed by atoms with Crippen LogP contribution in [-0.2, 0) is 0 Å². The number of nitrogens with zero attached hydrogens (tertiary/aromatic N) is 5. The minimum Gasteiger partial charge on any atom is -0.494 e. The van der Waals surface area contributed by atoms with Crippen LogP contribution in [0.3, 0.4) is 0 Å². The summed E-state index contributed by atoms with van der Waals surface area (Å²) in [7, 11) is 7.28. The standard InChI is InChI=1S/C25H29N7O3/c1-16-7-6-8-17-18(15-27-24(16)17)19-9-10-26-25(28-19)29-20-13-22(32(33)34)21(14-23(20)35-5)31(4)12-11-30(2)3/h6-10,13-15,27H,11-12H2,1-5H3,(H,26,28,29). The van der Waals surface area contributed by atoms with Gasteiger partial charge in [0.2, 0.25) is 5.95 Å². The maximum Gasteiger partial charge on any atom is 0.294 e. The van der Waals surface area contributed by atoms with Crippen LogP contribution in [-0.4, -0.2) is 66.1 Å². The van der Waals surface area contributed by atoms with Crippen molar-refractivity contribution in [3.8, 4) is 17.0 Å². The summed E-state index contributed by atoms with van der Waals surface area (Å²) < 4.78 is 5.56. The van der Waals surface area contributed by atoms with Gasteiger partial charge in [0.15, 0.2) is 0 Å². The molecule has 0 amide bonds. The highest BCUT2D eigenvalue weighted by molar-refractivity contribution is 5.96. The number of para-hydroxylation sites is 1. The Balaban J connectivity index is 1.69. The third-order valence-corrected chi connectivity index (χ3v) is 5.89. The molecule has 182 valence electrons. The predicted octanol–water partition coefficient (Wildman–Crippen LogP) is 4.59. The maximum atomic E-state index is 11.9. The fraction of sp³-hybridized carbons (Fsp3) is 0.280. The second kappa shape index (κ2) is 9.98. The number of fused-ring (bicyclic) bond motifs is 1. The van der Waals surface area contributed by atoms with Crippen molar-refractivity contribution >= 4 is 33.9 Å². The van der Waals surface area contributed by atoms with Crippen molar-refractivity contribution in [2.75, 3.05) is 51.6 Å². The summed E-state index contributed by atoms with van der Waals surface area (Å²) in [5.41, 5.74) is 4.74. The summed E-state index contributed by atoms with van der Waals surface area (Å²) in [5.74, 6) is 0.768. The summed E-state index contributed by atoms with van der Waals surface area (Å²) in [5, 5.41) is 16.1. The van der Waals surface area contributed by atoms with Crippen LogP contribution in [0.5, 0.6) is 5.75 Å². The number of nitrogens with one attached hydrogen (secondary N) is 2. The van der Waals surface area contributed by atoms with Gasteiger partial charge < -0.3 is 24.8 Å². The summed E-state index contributed by atoms with van der Waals surface area (Å²) in [6.07, 6.45) is 3.58. The minimum atomic E-state index is -0.391. The lowest BCUT2D eigenvalue weighted by Crippen LogP contribution is -2.28. The zero-order valence-electron chi connectivity index (χ0n) is 20.5. The second-order valence-electron chi connectivity index (χ2n) is 8.61. The molecule has 0 radical (unpaired) electrons. The molecule has 0 aliphatic carbocycles. The number of hydrogen-bond acceptors (Lipinski definition) is 8. The molecular weight excluding hydrogens is 446 g/mol. The highest BCUT2D eigenvalue weighted by Crippen LogP contribution is 2.39. The first-order valence-corrected chi connectivity index (χ1v) is 11.2. The number of benzene rings is 2. The first-order valence-electron chi connectivity index (χ1n) is 11.2. The van der Waals surface area contributed by atoms with Crippen LogP contribution in [0.15, 0.2) is 48.8 Å². The van der Waals surface area contributed by atoms with Crippen molar-refractivity contribution in [1.82, 2.24) is 19.9 Å². The lowest BCUT2D eigenvalue weighted by molar-refractivity contribution is -0.384. The van der Waals surface area contributed by atoms with Crippen molar-refractivity contribution in [3.63, 3.8) is 0 Å². The molecule has 0 atom stereocenters. The smallest absolute Gasteiger partial charge is 0.294 e. The number of methoxy groups -OCH3 is 1. The molecule has 2 aromatic carbocycles. The third-order valence-electron chi connectivity index (χ3n) is 5.89. The van der Waals surface area contributed by atoms with Gasteiger partial charge in [0.05, 0.1) is 23.4 Å². The Morgan fingerprint density at radius 1 is 1.17 bits per heavy atom. The molecule has 2 aromatic heterocycles. The van der Waals surface area contributed by atoms with E-state index in [0.29, 0.717) is 29.6 Å². The topological polar surface area (TPSA) is 112 Å². The van der Waals surface area contributed by atoms with Gasteiger partial charge in [0, 0.05) is 61.1 Å². The Hall–Kier alpha value is -4.18. The lowest BCUT2D eigenvalue weighted by Gasteiger charge is -2.22. The molecule has 0 fully saturated rings. The van der Waals surface area contributed by atoms with Crippen molar-refractivity contribution < 1.29 is 9.66 Å². The van der Waals surface area contributed by atoms with E-state index in [2.05, 4.69) is 33.3 Å². The summed E-state index contributed by atoms with van der Waals surface area (Å²) in [4.78, 5) is 27.7. The van der Waals surface area contributed by atoms with Gasteiger partial charge >= 0.3 is 0 Å². The molecule has 10 heteroatoms. The molecule has 2 heterocycles. The summed E-state index contributed by atoms with van der Waals surface area (Å²) in [6.45, 7) is 3.43. The normalized spacial score (nSPS) is 11.1. The first kappa shape index (κ1) is 24.0. The Labute approximate surface area is 203 Å². The van der Waals surface area contributed by atoms with E-state index in [1.165, 1.54) is 13.2 Å². The minimum absolute atomic E-state index is 0.0298. The number of likely N-dealkylation sites (N-methyl/N-ethyl adjacent to an activating group) is 2. The molecule has 0 bridgehead atoms. The van der Waals surface area contributed by atoms with E-state index in [1.807, 2.05) is 55.3 Å². The Morgan fingerprint density at radius 2 is 1.97 bits per heavy atom. The molecule has 0 spiro atoms. The molecule has 10 nitrogen and oxygen atoms in total. The number of aryl methyl sites for hydroxylation is 1. The van der Waals surface area contributed by atoms with Gasteiger partial charge in [-0.15, -0.1) is 0 Å². The lowest BCUT2D eigenvalue weighted by atomic mass is 10.1. The maximum absolute atomic E-state index is 11.9. The molecule has 4 rings (SSSR count). The van der Waals surface area contributed by atoms with Crippen LogP contribution in [0.2, 0.25) is 0 Å². The van der Waals surface area contributed by atoms with Crippen LogP contribution in [0.25, 0.3) is 22.2 Å². The Kier molecular flexibility index (Phi) is 6.83. The zero-order chi connectivity index (χ0) is 25.1. The first-order chi connectivity index (χ1) is 16.8. The number of anilines is 3. The van der Waals surface area contributed by atoms with Crippen LogP contribution < -0.4 is 15.0 Å². The van der Waals surface area contributed by atoms with Gasteiger partial charge in [-0.25, -0.2) is 9.97 Å². The fourth-order valence-corrected chi connectivity index (χ4v) is 3.95. The van der Waals surface area contributed by atoms with Crippen LogP contribution in [0, 0.1) is 17.0 Å². The number of aromatic amines is 1. The van der Waals surface area contributed by atoms with E-state index >= 15 is 0 Å². The van der Waals surface area contributed by atoms with E-state index in [9.17, 15) is 10.1 Å². The van der Waals surface area contributed by atoms with E-state index in [1.54, 1.807) is 12.3 Å². The average Bonchev–Trinajstić information content (AvgIpc) is 3.28. The fourth-order valence-electron chi connectivity index (χ4n) is 3.95. The van der Waals surface area contributed by atoms with Gasteiger partial charge in [-0.3, -0.25) is 10.1 Å². The molecule has 0 aliphatic heterocycles. The molecule has 4 aromatic rings. The van der Waals surface area contributed by atoms with E-state index in [-0.39, 0.29) is 5.69 Å². The van der Waals surface area contributed by atoms with E-state index < -0.39 is 4.92 Å². The van der Waals surface area contributed by atoms with Crippen LogP contribution in [0.4, 0.5) is 23.0 Å². The van der Waals surface area contributed by atoms with Crippen molar-refractivity contribution in [2.24, 2.45) is 0 Å². The van der Waals surface area contributed by atoms with Gasteiger partial charge in [0.1, 0.15) is 11.4 Å². The van der Waals surface area contributed by atoms with Gasteiger partial charge in [-0.05, 0) is 32.6 Å². The number of aromatic nitrogens is 3. The molecule has 0 aliphatic rings. The molecule has 35 heavy (non-hydrogen) atoms. The zero-order valence-corrected chi connectivity index (χ0v) is 20.5. The number of ether oxygens (including phenoxy) is 1. The average molecular weight is 476 g/mol. The van der Waals surface area contributed by atoms with Gasteiger partial charge in [0.25, 0.3) is 5.69 Å². The number of hydrogen-bond donors (Lipinski definition) is 2. The SMILES string of the molecule is COc1cc(N(C)CCN(C)C)c([N+](=O)[O-])cc1Nc1nccc(-c2c[nH]c3c(C)cccc23)n1. The predicted molar refractivity (Wildman–Crippen MR) is 139 cm³/mol. The number of H-pyrrole nitrogens is 1. The molecule has 2 N–H and O–H groups in total. The Bertz CT molecular complexity index is 1370. The van der Waals surface area contributed by atoms with Crippen molar-refractivity contribution in [1.29, 1.82) is 0 Å². The summed E-state index contributed by atoms with van der Waals surface area (Å²) in [6, 6.07) is 11.1. The van der Waals surface area contributed by atoms with Gasteiger partial charge in [-0.1, -0.05) is 18.2 Å². The Morgan fingerprint density at radius 3 is 2.69 bits per heavy atom. The van der Waals surface area contributed by atoms with Crippen LogP contribution >= 0.6 is 0 Å². The second-order valence-corrected chi connectivity index (χ2v) is 8.61. The monoisotopic (exact) mass is 475 g/mol. The van der Waals surface area contributed by atoms with Crippen molar-refractivity contribution in [3.05, 3.63) is 64.5 Å². The van der Waals surface area contributed by atoms with Crippen molar-refractivity contribution in [2.45, 2.75) is 6.92 Å². The van der Waals surface area contributed by atoms with E-state index in [4.69, 9.17) is 4.74 Å². The number of rotatable bonds is 9. The summed E-state index contributed by atoms with van der Waals surface area (Å²) >= 11 is 0. The van der Waals surface area contributed by atoms with Crippen LogP contribution in [0.1, 0.15) is 5.56 Å². The molecule has 0 saturated carbocycles. The number of nitro benzene ring substituents is 1. The highest BCUT2D eigenvalue weighted by Gasteiger charge is 2.22. The quantitative estimate of drug-likeness (QED) is 0.267. The van der Waals surface area contributed by atoms with Gasteiger partial charge in [-0.2, -0.15) is 0 Å².